The van der Waals surface area contributed by atoms with Crippen LogP contribution in [0, 0.1) is 12.7 Å². The van der Waals surface area contributed by atoms with Crippen LogP contribution in [-0.4, -0.2) is 11.1 Å². The van der Waals surface area contributed by atoms with Crippen LogP contribution in [0.25, 0.3) is 11.3 Å². The molecule has 24 heavy (non-hydrogen) atoms. The lowest BCUT2D eigenvalue weighted by Gasteiger charge is -2.06. The quantitative estimate of drug-likeness (QED) is 0.764. The minimum atomic E-state index is -0.354. The van der Waals surface area contributed by atoms with E-state index in [4.69, 9.17) is 16.1 Å². The molecule has 0 aliphatic carbocycles. The highest BCUT2D eigenvalue weighted by Gasteiger charge is 2.21. The molecule has 0 saturated heterocycles. The minimum Gasteiger partial charge on any atom is -0.360 e. The van der Waals surface area contributed by atoms with Crippen molar-refractivity contribution in [2.24, 2.45) is 0 Å². The summed E-state index contributed by atoms with van der Waals surface area (Å²) in [6.45, 7) is 2.01. The average Bonchev–Trinajstić information content (AvgIpc) is 2.96. The van der Waals surface area contributed by atoms with E-state index in [1.165, 1.54) is 12.1 Å². The zero-order valence-electron chi connectivity index (χ0n) is 12.8. The first-order chi connectivity index (χ1) is 11.5. The highest BCUT2D eigenvalue weighted by Crippen LogP contribution is 2.25. The van der Waals surface area contributed by atoms with Crippen LogP contribution in [0.5, 0.6) is 0 Å². The Kier molecular flexibility index (Phi) is 4.62. The molecule has 122 valence electrons. The largest absolute Gasteiger partial charge is 0.360 e. The molecular formula is C18H14ClFN2O2. The van der Waals surface area contributed by atoms with Crippen LogP contribution in [-0.2, 0) is 6.54 Å². The van der Waals surface area contributed by atoms with E-state index >= 15 is 0 Å². The lowest BCUT2D eigenvalue weighted by atomic mass is 10.1. The second-order valence-corrected chi connectivity index (χ2v) is 5.71. The number of nitrogens with one attached hydrogen (secondary N) is 1. The van der Waals surface area contributed by atoms with E-state index in [-0.39, 0.29) is 11.7 Å². The first-order valence-corrected chi connectivity index (χ1v) is 7.67. The molecule has 2 aromatic carbocycles. The van der Waals surface area contributed by atoms with Gasteiger partial charge < -0.3 is 9.84 Å². The zero-order chi connectivity index (χ0) is 17.1. The van der Waals surface area contributed by atoms with Crippen LogP contribution in [0.4, 0.5) is 4.39 Å². The molecule has 1 aromatic heterocycles. The highest BCUT2D eigenvalue weighted by atomic mass is 35.5. The minimum absolute atomic E-state index is 0.303. The van der Waals surface area contributed by atoms with Crippen molar-refractivity contribution in [1.29, 1.82) is 0 Å². The van der Waals surface area contributed by atoms with Gasteiger partial charge in [-0.3, -0.25) is 4.79 Å². The number of carbonyl (C=O) groups excluding carboxylic acids is 1. The summed E-state index contributed by atoms with van der Waals surface area (Å²) in [7, 11) is 0. The van der Waals surface area contributed by atoms with Crippen molar-refractivity contribution in [2.45, 2.75) is 13.5 Å². The molecule has 0 spiro atoms. The number of halogens is 2. The molecule has 1 amide bonds. The van der Waals surface area contributed by atoms with Gasteiger partial charge in [-0.15, -0.1) is 0 Å². The van der Waals surface area contributed by atoms with Gasteiger partial charge in [-0.1, -0.05) is 28.9 Å². The van der Waals surface area contributed by atoms with Crippen molar-refractivity contribution in [3.8, 4) is 11.3 Å². The Balaban J connectivity index is 1.81. The predicted octanol–water partition coefficient (Wildman–Crippen LogP) is 4.37. The lowest BCUT2D eigenvalue weighted by Crippen LogP contribution is -2.23. The molecule has 3 aromatic rings. The molecule has 1 N–H and O–H groups in total. The Labute approximate surface area is 143 Å². The molecule has 0 fully saturated rings. The molecule has 6 heteroatoms. The molecule has 0 aliphatic rings. The van der Waals surface area contributed by atoms with Gasteiger partial charge in [0.15, 0.2) is 0 Å². The third kappa shape index (κ3) is 3.46. The number of aryl methyl sites for hydroxylation is 1. The number of rotatable bonds is 4. The summed E-state index contributed by atoms with van der Waals surface area (Å²) in [5, 5.41) is 7.39. The fourth-order valence-electron chi connectivity index (χ4n) is 2.32. The Hall–Kier alpha value is -2.66. The number of amides is 1. The van der Waals surface area contributed by atoms with Gasteiger partial charge in [-0.25, -0.2) is 4.39 Å². The number of nitrogens with zero attached hydrogens (tertiary/aromatic N) is 1. The van der Waals surface area contributed by atoms with Gasteiger partial charge in [-0.05, 0) is 48.9 Å². The maximum Gasteiger partial charge on any atom is 0.257 e. The summed E-state index contributed by atoms with van der Waals surface area (Å²) < 4.78 is 18.2. The van der Waals surface area contributed by atoms with E-state index in [2.05, 4.69) is 10.5 Å². The van der Waals surface area contributed by atoms with Crippen molar-refractivity contribution in [1.82, 2.24) is 10.5 Å². The average molecular weight is 345 g/mol. The molecule has 0 bridgehead atoms. The zero-order valence-corrected chi connectivity index (χ0v) is 13.6. The van der Waals surface area contributed by atoms with Crippen LogP contribution in [0.2, 0.25) is 5.02 Å². The van der Waals surface area contributed by atoms with Crippen LogP contribution in [0.15, 0.2) is 53.1 Å². The summed E-state index contributed by atoms with van der Waals surface area (Å²) in [5.41, 5.74) is 2.27. The van der Waals surface area contributed by atoms with Gasteiger partial charge in [-0.2, -0.15) is 0 Å². The molecule has 0 saturated carbocycles. The molecule has 0 aliphatic heterocycles. The fourth-order valence-corrected chi connectivity index (χ4v) is 2.44. The normalized spacial score (nSPS) is 10.6. The summed E-state index contributed by atoms with van der Waals surface area (Å²) in [6.07, 6.45) is 0. The molecule has 0 atom stereocenters. The van der Waals surface area contributed by atoms with E-state index in [0.29, 0.717) is 34.1 Å². The molecule has 3 rings (SSSR count). The summed E-state index contributed by atoms with van der Waals surface area (Å²) in [5.74, 6) is -0.251. The molecule has 4 nitrogen and oxygen atoms in total. The number of carbonyl (C=O) groups is 1. The van der Waals surface area contributed by atoms with Gasteiger partial charge >= 0.3 is 0 Å². The third-order valence-electron chi connectivity index (χ3n) is 3.57. The Morgan fingerprint density at radius 1 is 1.17 bits per heavy atom. The summed E-state index contributed by atoms with van der Waals surface area (Å²) in [6, 6.07) is 12.9. The van der Waals surface area contributed by atoms with Gasteiger partial charge in [0.05, 0.1) is 0 Å². The first kappa shape index (κ1) is 16.2. The second-order valence-electron chi connectivity index (χ2n) is 5.28. The number of hydrogen-bond acceptors (Lipinski definition) is 3. The second kappa shape index (κ2) is 6.84. The van der Waals surface area contributed by atoms with E-state index in [9.17, 15) is 9.18 Å². The Morgan fingerprint density at radius 2 is 1.83 bits per heavy atom. The maximum atomic E-state index is 13.1. The van der Waals surface area contributed by atoms with E-state index < -0.39 is 0 Å². The van der Waals surface area contributed by atoms with Crippen LogP contribution in [0.3, 0.4) is 0 Å². The van der Waals surface area contributed by atoms with Gasteiger partial charge in [0.2, 0.25) is 0 Å². The van der Waals surface area contributed by atoms with Gasteiger partial charge in [0, 0.05) is 17.1 Å². The van der Waals surface area contributed by atoms with Crippen molar-refractivity contribution < 1.29 is 13.7 Å². The van der Waals surface area contributed by atoms with Crippen molar-refractivity contribution in [3.05, 3.63) is 76.3 Å². The summed E-state index contributed by atoms with van der Waals surface area (Å²) >= 11 is 5.84. The van der Waals surface area contributed by atoms with Gasteiger partial charge in [0.25, 0.3) is 5.91 Å². The number of aromatic nitrogens is 1. The van der Waals surface area contributed by atoms with Crippen molar-refractivity contribution in [3.63, 3.8) is 0 Å². The van der Waals surface area contributed by atoms with Crippen molar-refractivity contribution >= 4 is 17.5 Å². The SMILES string of the molecule is Cc1onc(-c2ccc(F)cc2)c1C(=O)NCc1ccc(Cl)cc1. The first-order valence-electron chi connectivity index (χ1n) is 7.29. The fraction of sp³-hybridized carbons (Fsp3) is 0.111. The Bertz CT molecular complexity index is 858. The van der Waals surface area contributed by atoms with E-state index in [0.717, 1.165) is 5.56 Å². The molecule has 0 unspecified atom stereocenters. The smallest absolute Gasteiger partial charge is 0.257 e. The van der Waals surface area contributed by atoms with Crippen molar-refractivity contribution in [2.75, 3.05) is 0 Å². The number of benzene rings is 2. The van der Waals surface area contributed by atoms with Gasteiger partial charge in [0.1, 0.15) is 22.8 Å². The molecule has 1 heterocycles. The Morgan fingerprint density at radius 3 is 2.50 bits per heavy atom. The molecule has 0 radical (unpaired) electrons. The highest BCUT2D eigenvalue weighted by molar-refractivity contribution is 6.30. The molecular weight excluding hydrogens is 331 g/mol. The van der Waals surface area contributed by atoms with Crippen LogP contribution < -0.4 is 5.32 Å². The summed E-state index contributed by atoms with van der Waals surface area (Å²) in [4.78, 5) is 12.5. The van der Waals surface area contributed by atoms with Crippen LogP contribution in [0.1, 0.15) is 21.7 Å². The monoisotopic (exact) mass is 344 g/mol. The number of hydrogen-bond donors (Lipinski definition) is 1. The maximum absolute atomic E-state index is 13.1. The topological polar surface area (TPSA) is 55.1 Å². The lowest BCUT2D eigenvalue weighted by molar-refractivity contribution is 0.0950. The van der Waals surface area contributed by atoms with E-state index in [1.807, 2.05) is 12.1 Å². The third-order valence-corrected chi connectivity index (χ3v) is 3.83. The van der Waals surface area contributed by atoms with E-state index in [1.54, 1.807) is 31.2 Å². The standard InChI is InChI=1S/C18H14ClFN2O2/c1-11-16(17(22-24-11)13-4-8-15(20)9-5-13)18(23)21-10-12-2-6-14(19)7-3-12/h2-9H,10H2,1H3,(H,21,23). The predicted molar refractivity (Wildman–Crippen MR) is 89.3 cm³/mol. The van der Waals surface area contributed by atoms with Crippen LogP contribution >= 0.6 is 11.6 Å².